The quantitative estimate of drug-likeness (QED) is 0.684. The van der Waals surface area contributed by atoms with Gasteiger partial charge in [0.15, 0.2) is 0 Å². The van der Waals surface area contributed by atoms with Crippen molar-refractivity contribution >= 4 is 5.91 Å². The summed E-state index contributed by atoms with van der Waals surface area (Å²) in [5.41, 5.74) is 6.83. The van der Waals surface area contributed by atoms with Crippen molar-refractivity contribution in [2.24, 2.45) is 5.73 Å². The Morgan fingerprint density at radius 1 is 1.42 bits per heavy atom. The van der Waals surface area contributed by atoms with E-state index in [1.54, 1.807) is 7.11 Å². The van der Waals surface area contributed by atoms with Crippen molar-refractivity contribution in [1.29, 1.82) is 0 Å². The summed E-state index contributed by atoms with van der Waals surface area (Å²) in [7, 11) is 1.58. The molecule has 1 amide bonds. The molecule has 0 saturated heterocycles. The molecule has 5 heteroatoms. The first-order valence-corrected chi connectivity index (χ1v) is 6.35. The third kappa shape index (κ3) is 6.22. The lowest BCUT2D eigenvalue weighted by atomic mass is 10.2. The van der Waals surface area contributed by atoms with E-state index in [1.165, 1.54) is 0 Å². The van der Waals surface area contributed by atoms with Gasteiger partial charge in [0.2, 0.25) is 5.91 Å². The van der Waals surface area contributed by atoms with E-state index in [2.05, 4.69) is 5.32 Å². The van der Waals surface area contributed by atoms with Gasteiger partial charge in [0, 0.05) is 13.7 Å². The average Bonchev–Trinajstić information content (AvgIpc) is 2.40. The molecule has 0 aliphatic carbocycles. The van der Waals surface area contributed by atoms with Crippen LogP contribution >= 0.6 is 0 Å². The standard InChI is InChI=1S/C14H22N2O3/c1-11-4-3-5-12(10-11)19-9-7-16-14(17)13(15)6-8-18-2/h3-5,10,13H,6-9,15H2,1-2H3,(H,16,17). The van der Waals surface area contributed by atoms with Gasteiger partial charge in [-0.1, -0.05) is 12.1 Å². The first-order chi connectivity index (χ1) is 9.13. The smallest absolute Gasteiger partial charge is 0.237 e. The minimum Gasteiger partial charge on any atom is -0.492 e. The van der Waals surface area contributed by atoms with Crippen LogP contribution in [0.2, 0.25) is 0 Å². The third-order valence-electron chi connectivity index (χ3n) is 2.63. The highest BCUT2D eigenvalue weighted by Gasteiger charge is 2.11. The third-order valence-corrected chi connectivity index (χ3v) is 2.63. The van der Waals surface area contributed by atoms with E-state index in [-0.39, 0.29) is 5.91 Å². The maximum absolute atomic E-state index is 11.6. The molecular formula is C14H22N2O3. The molecule has 0 saturated carbocycles. The van der Waals surface area contributed by atoms with Crippen LogP contribution in [0.25, 0.3) is 0 Å². The summed E-state index contributed by atoms with van der Waals surface area (Å²) in [6.07, 6.45) is 0.515. The van der Waals surface area contributed by atoms with E-state index in [4.69, 9.17) is 15.2 Å². The van der Waals surface area contributed by atoms with Crippen LogP contribution in [-0.4, -0.2) is 38.8 Å². The first-order valence-electron chi connectivity index (χ1n) is 6.35. The molecule has 1 atom stereocenters. The van der Waals surface area contributed by atoms with Crippen LogP contribution < -0.4 is 15.8 Å². The second-order valence-corrected chi connectivity index (χ2v) is 4.34. The number of amides is 1. The molecular weight excluding hydrogens is 244 g/mol. The summed E-state index contributed by atoms with van der Waals surface area (Å²) in [6, 6.07) is 7.25. The lowest BCUT2D eigenvalue weighted by Crippen LogP contribution is -2.42. The van der Waals surface area contributed by atoms with Gasteiger partial charge in [-0.15, -0.1) is 0 Å². The van der Waals surface area contributed by atoms with Gasteiger partial charge in [-0.25, -0.2) is 0 Å². The topological polar surface area (TPSA) is 73.6 Å². The molecule has 0 aromatic heterocycles. The number of rotatable bonds is 8. The molecule has 0 aliphatic heterocycles. The van der Waals surface area contributed by atoms with Crippen LogP contribution in [0.5, 0.6) is 5.75 Å². The number of hydrogen-bond acceptors (Lipinski definition) is 4. The van der Waals surface area contributed by atoms with Crippen LogP contribution in [0.4, 0.5) is 0 Å². The molecule has 0 heterocycles. The van der Waals surface area contributed by atoms with Crippen LogP contribution in [-0.2, 0) is 9.53 Å². The van der Waals surface area contributed by atoms with Crippen molar-refractivity contribution in [3.8, 4) is 5.75 Å². The Morgan fingerprint density at radius 3 is 2.89 bits per heavy atom. The van der Waals surface area contributed by atoms with Crippen molar-refractivity contribution < 1.29 is 14.3 Å². The molecule has 1 aromatic rings. The molecule has 19 heavy (non-hydrogen) atoms. The van der Waals surface area contributed by atoms with Gasteiger partial charge in [-0.2, -0.15) is 0 Å². The molecule has 0 radical (unpaired) electrons. The van der Waals surface area contributed by atoms with E-state index >= 15 is 0 Å². The fraction of sp³-hybridized carbons (Fsp3) is 0.500. The van der Waals surface area contributed by atoms with Crippen LogP contribution in [0.15, 0.2) is 24.3 Å². The van der Waals surface area contributed by atoms with Gasteiger partial charge in [-0.3, -0.25) is 4.79 Å². The minimum absolute atomic E-state index is 0.176. The van der Waals surface area contributed by atoms with Crippen LogP contribution in [0, 0.1) is 6.92 Å². The second kappa shape index (κ2) is 8.50. The van der Waals surface area contributed by atoms with E-state index in [0.717, 1.165) is 11.3 Å². The van der Waals surface area contributed by atoms with Gasteiger partial charge in [0.1, 0.15) is 12.4 Å². The summed E-state index contributed by atoms with van der Waals surface area (Å²) in [5, 5.41) is 2.73. The molecule has 0 aliphatic rings. The highest BCUT2D eigenvalue weighted by Crippen LogP contribution is 2.11. The summed E-state index contributed by atoms with van der Waals surface area (Å²) in [4.78, 5) is 11.6. The number of ether oxygens (including phenoxy) is 2. The summed E-state index contributed by atoms with van der Waals surface area (Å²) in [6.45, 7) is 3.34. The van der Waals surface area contributed by atoms with E-state index < -0.39 is 6.04 Å². The van der Waals surface area contributed by atoms with E-state index in [1.807, 2.05) is 31.2 Å². The number of aryl methyl sites for hydroxylation is 1. The Balaban J connectivity index is 2.18. The van der Waals surface area contributed by atoms with E-state index in [0.29, 0.717) is 26.2 Å². The second-order valence-electron chi connectivity index (χ2n) is 4.34. The number of nitrogens with one attached hydrogen (secondary N) is 1. The minimum atomic E-state index is -0.529. The number of carbonyl (C=O) groups is 1. The first kappa shape index (κ1) is 15.5. The molecule has 0 bridgehead atoms. The molecule has 0 spiro atoms. The van der Waals surface area contributed by atoms with Crippen molar-refractivity contribution in [2.75, 3.05) is 26.9 Å². The van der Waals surface area contributed by atoms with Gasteiger partial charge >= 0.3 is 0 Å². The Hall–Kier alpha value is -1.59. The molecule has 1 unspecified atom stereocenters. The predicted octanol–water partition coefficient (Wildman–Crippen LogP) is 0.854. The van der Waals surface area contributed by atoms with Gasteiger partial charge in [0.05, 0.1) is 12.6 Å². The molecule has 5 nitrogen and oxygen atoms in total. The van der Waals surface area contributed by atoms with Crippen molar-refractivity contribution in [3.63, 3.8) is 0 Å². The Bertz CT molecular complexity index is 396. The zero-order valence-corrected chi connectivity index (χ0v) is 11.5. The fourth-order valence-corrected chi connectivity index (χ4v) is 1.56. The van der Waals surface area contributed by atoms with Crippen LogP contribution in [0.3, 0.4) is 0 Å². The monoisotopic (exact) mass is 266 g/mol. The Kier molecular flexibility index (Phi) is 6.92. The Morgan fingerprint density at radius 2 is 2.21 bits per heavy atom. The number of methoxy groups -OCH3 is 1. The van der Waals surface area contributed by atoms with Gasteiger partial charge in [0.25, 0.3) is 0 Å². The molecule has 3 N–H and O–H groups in total. The highest BCUT2D eigenvalue weighted by molar-refractivity contribution is 5.81. The maximum atomic E-state index is 11.6. The molecule has 1 aromatic carbocycles. The lowest BCUT2D eigenvalue weighted by Gasteiger charge is -2.12. The molecule has 0 fully saturated rings. The number of hydrogen-bond donors (Lipinski definition) is 2. The van der Waals surface area contributed by atoms with Gasteiger partial charge < -0.3 is 20.5 Å². The summed E-state index contributed by atoms with van der Waals surface area (Å²) in [5.74, 6) is 0.628. The SMILES string of the molecule is COCCC(N)C(=O)NCCOc1cccc(C)c1. The van der Waals surface area contributed by atoms with Crippen molar-refractivity contribution in [1.82, 2.24) is 5.32 Å². The number of nitrogens with two attached hydrogens (primary N) is 1. The number of carbonyl (C=O) groups excluding carboxylic acids is 1. The summed E-state index contributed by atoms with van der Waals surface area (Å²) >= 11 is 0. The zero-order chi connectivity index (χ0) is 14.1. The normalized spacial score (nSPS) is 11.9. The Labute approximate surface area is 114 Å². The summed E-state index contributed by atoms with van der Waals surface area (Å²) < 4.78 is 10.4. The average molecular weight is 266 g/mol. The van der Waals surface area contributed by atoms with E-state index in [9.17, 15) is 4.79 Å². The van der Waals surface area contributed by atoms with Gasteiger partial charge in [-0.05, 0) is 31.0 Å². The maximum Gasteiger partial charge on any atom is 0.237 e. The number of benzene rings is 1. The largest absolute Gasteiger partial charge is 0.492 e. The zero-order valence-electron chi connectivity index (χ0n) is 11.5. The molecule has 1 rings (SSSR count). The highest BCUT2D eigenvalue weighted by atomic mass is 16.5. The lowest BCUT2D eigenvalue weighted by molar-refractivity contribution is -0.122. The van der Waals surface area contributed by atoms with Crippen molar-refractivity contribution in [2.45, 2.75) is 19.4 Å². The van der Waals surface area contributed by atoms with Crippen LogP contribution in [0.1, 0.15) is 12.0 Å². The molecule has 106 valence electrons. The predicted molar refractivity (Wildman–Crippen MR) is 74.2 cm³/mol. The fourth-order valence-electron chi connectivity index (χ4n) is 1.56. The van der Waals surface area contributed by atoms with Crippen molar-refractivity contribution in [3.05, 3.63) is 29.8 Å².